The van der Waals surface area contributed by atoms with Crippen molar-refractivity contribution in [1.82, 2.24) is 5.32 Å². The molecule has 0 radical (unpaired) electrons. The number of carbonyl (C=O) groups is 1. The van der Waals surface area contributed by atoms with Crippen molar-refractivity contribution in [2.75, 3.05) is 13.7 Å². The molecule has 0 fully saturated rings. The molecule has 17 heavy (non-hydrogen) atoms. The average Bonchev–Trinajstić information content (AvgIpc) is 2.79. The standard InChI is InChI=1S/C13H15NO2S/c1-9(14-8-13(15)16-2)12-7-10-5-3-4-6-11(10)17-12/h3-7,9,14H,8H2,1-2H3. The van der Waals surface area contributed by atoms with Crippen molar-refractivity contribution in [2.45, 2.75) is 13.0 Å². The maximum atomic E-state index is 11.0. The normalized spacial score (nSPS) is 12.6. The first-order valence-electron chi connectivity index (χ1n) is 5.49. The van der Waals surface area contributed by atoms with Gasteiger partial charge in [0.2, 0.25) is 0 Å². The summed E-state index contributed by atoms with van der Waals surface area (Å²) in [4.78, 5) is 12.3. The highest BCUT2D eigenvalue weighted by atomic mass is 32.1. The van der Waals surface area contributed by atoms with E-state index in [9.17, 15) is 4.79 Å². The van der Waals surface area contributed by atoms with Crippen LogP contribution in [-0.4, -0.2) is 19.6 Å². The van der Waals surface area contributed by atoms with E-state index < -0.39 is 0 Å². The second-order valence-electron chi connectivity index (χ2n) is 3.87. The van der Waals surface area contributed by atoms with Crippen molar-refractivity contribution < 1.29 is 9.53 Å². The number of fused-ring (bicyclic) bond motifs is 1. The molecule has 0 spiro atoms. The number of thiophene rings is 1. The van der Waals surface area contributed by atoms with Crippen LogP contribution in [-0.2, 0) is 9.53 Å². The first-order chi connectivity index (χ1) is 8.20. The van der Waals surface area contributed by atoms with Crippen LogP contribution in [0.3, 0.4) is 0 Å². The maximum absolute atomic E-state index is 11.0. The number of esters is 1. The Morgan fingerprint density at radius 1 is 1.47 bits per heavy atom. The molecule has 1 heterocycles. The monoisotopic (exact) mass is 249 g/mol. The largest absolute Gasteiger partial charge is 0.468 e. The smallest absolute Gasteiger partial charge is 0.319 e. The molecule has 1 atom stereocenters. The number of benzene rings is 1. The molecular formula is C13H15NO2S. The van der Waals surface area contributed by atoms with E-state index in [1.54, 1.807) is 11.3 Å². The zero-order valence-corrected chi connectivity index (χ0v) is 10.7. The van der Waals surface area contributed by atoms with E-state index in [0.717, 1.165) is 0 Å². The van der Waals surface area contributed by atoms with Gasteiger partial charge in [0.05, 0.1) is 13.7 Å². The molecule has 4 heteroatoms. The van der Waals surface area contributed by atoms with Crippen LogP contribution in [0.4, 0.5) is 0 Å². The van der Waals surface area contributed by atoms with Crippen molar-refractivity contribution in [3.8, 4) is 0 Å². The van der Waals surface area contributed by atoms with Gasteiger partial charge in [0.15, 0.2) is 0 Å². The lowest BCUT2D eigenvalue weighted by molar-refractivity contribution is -0.139. The number of nitrogens with one attached hydrogen (secondary N) is 1. The van der Waals surface area contributed by atoms with Gasteiger partial charge >= 0.3 is 5.97 Å². The van der Waals surface area contributed by atoms with Crippen LogP contribution < -0.4 is 5.32 Å². The quantitative estimate of drug-likeness (QED) is 0.847. The molecule has 1 aromatic carbocycles. The number of methoxy groups -OCH3 is 1. The Morgan fingerprint density at radius 3 is 2.94 bits per heavy atom. The Labute approximate surface area is 104 Å². The summed E-state index contributed by atoms with van der Waals surface area (Å²) in [5, 5.41) is 4.40. The molecule has 0 saturated heterocycles. The highest BCUT2D eigenvalue weighted by Gasteiger charge is 2.10. The summed E-state index contributed by atoms with van der Waals surface area (Å²) in [6.45, 7) is 2.29. The molecule has 1 aromatic heterocycles. The average molecular weight is 249 g/mol. The Balaban J connectivity index is 2.08. The number of ether oxygens (including phenoxy) is 1. The molecule has 2 aromatic rings. The van der Waals surface area contributed by atoms with Crippen molar-refractivity contribution in [3.63, 3.8) is 0 Å². The molecule has 1 unspecified atom stereocenters. The fourth-order valence-corrected chi connectivity index (χ4v) is 2.72. The van der Waals surface area contributed by atoms with Crippen molar-refractivity contribution in [2.24, 2.45) is 0 Å². The van der Waals surface area contributed by atoms with Crippen LogP contribution in [0.25, 0.3) is 10.1 Å². The van der Waals surface area contributed by atoms with E-state index in [-0.39, 0.29) is 18.6 Å². The predicted molar refractivity (Wildman–Crippen MR) is 70.3 cm³/mol. The highest BCUT2D eigenvalue weighted by molar-refractivity contribution is 7.19. The van der Waals surface area contributed by atoms with Gasteiger partial charge in [-0.15, -0.1) is 11.3 Å². The number of hydrogen-bond acceptors (Lipinski definition) is 4. The van der Waals surface area contributed by atoms with E-state index in [1.165, 1.54) is 22.1 Å². The Kier molecular flexibility index (Phi) is 3.76. The zero-order chi connectivity index (χ0) is 12.3. The first-order valence-corrected chi connectivity index (χ1v) is 6.31. The molecule has 3 nitrogen and oxygen atoms in total. The number of hydrogen-bond donors (Lipinski definition) is 1. The van der Waals surface area contributed by atoms with Gasteiger partial charge in [-0.3, -0.25) is 10.1 Å². The minimum absolute atomic E-state index is 0.159. The summed E-state index contributed by atoms with van der Waals surface area (Å²) in [5.41, 5.74) is 0. The summed E-state index contributed by atoms with van der Waals surface area (Å²) < 4.78 is 5.87. The third-order valence-corrected chi connectivity index (χ3v) is 3.95. The Bertz CT molecular complexity index is 488. The number of carbonyl (C=O) groups excluding carboxylic acids is 1. The van der Waals surface area contributed by atoms with Gasteiger partial charge in [-0.2, -0.15) is 0 Å². The first kappa shape index (κ1) is 12.1. The summed E-state index contributed by atoms with van der Waals surface area (Å²) in [7, 11) is 1.40. The fraction of sp³-hybridized carbons (Fsp3) is 0.308. The van der Waals surface area contributed by atoms with E-state index >= 15 is 0 Å². The summed E-state index contributed by atoms with van der Waals surface area (Å²) >= 11 is 1.75. The van der Waals surface area contributed by atoms with Gasteiger partial charge in [-0.25, -0.2) is 0 Å². The summed E-state index contributed by atoms with van der Waals surface area (Å²) in [6.07, 6.45) is 0. The summed E-state index contributed by atoms with van der Waals surface area (Å²) in [5.74, 6) is -0.238. The molecule has 0 bridgehead atoms. The van der Waals surface area contributed by atoms with Crippen LogP contribution in [0.15, 0.2) is 30.3 Å². The van der Waals surface area contributed by atoms with Crippen molar-refractivity contribution in [3.05, 3.63) is 35.2 Å². The second kappa shape index (κ2) is 5.29. The molecule has 1 N–H and O–H groups in total. The molecule has 0 aliphatic heterocycles. The highest BCUT2D eigenvalue weighted by Crippen LogP contribution is 2.29. The molecule has 0 amide bonds. The van der Waals surface area contributed by atoms with Gasteiger partial charge in [0.25, 0.3) is 0 Å². The van der Waals surface area contributed by atoms with Gasteiger partial charge in [0, 0.05) is 15.6 Å². The molecule has 2 rings (SSSR count). The van der Waals surface area contributed by atoms with Crippen LogP contribution in [0.2, 0.25) is 0 Å². The minimum atomic E-state index is -0.238. The van der Waals surface area contributed by atoms with Crippen LogP contribution in [0.5, 0.6) is 0 Å². The van der Waals surface area contributed by atoms with Crippen LogP contribution >= 0.6 is 11.3 Å². The van der Waals surface area contributed by atoms with E-state index in [1.807, 2.05) is 19.1 Å². The van der Waals surface area contributed by atoms with E-state index in [4.69, 9.17) is 0 Å². The van der Waals surface area contributed by atoms with Gasteiger partial charge < -0.3 is 4.74 Å². The fourth-order valence-electron chi connectivity index (χ4n) is 1.62. The van der Waals surface area contributed by atoms with E-state index in [0.29, 0.717) is 0 Å². The SMILES string of the molecule is COC(=O)CNC(C)c1cc2ccccc2s1. The lowest BCUT2D eigenvalue weighted by Gasteiger charge is -2.10. The zero-order valence-electron chi connectivity index (χ0n) is 9.90. The topological polar surface area (TPSA) is 38.3 Å². The molecule has 0 aliphatic rings. The predicted octanol–water partition coefficient (Wildman–Crippen LogP) is 2.72. The molecule has 0 aliphatic carbocycles. The number of rotatable bonds is 4. The molecular weight excluding hydrogens is 234 g/mol. The molecule has 0 saturated carbocycles. The Morgan fingerprint density at radius 2 is 2.24 bits per heavy atom. The maximum Gasteiger partial charge on any atom is 0.319 e. The van der Waals surface area contributed by atoms with Gasteiger partial charge in [-0.05, 0) is 24.4 Å². The lowest BCUT2D eigenvalue weighted by Crippen LogP contribution is -2.26. The Hall–Kier alpha value is -1.39. The van der Waals surface area contributed by atoms with Crippen LogP contribution in [0, 0.1) is 0 Å². The van der Waals surface area contributed by atoms with Crippen LogP contribution in [0.1, 0.15) is 17.8 Å². The minimum Gasteiger partial charge on any atom is -0.468 e. The third-order valence-electron chi connectivity index (χ3n) is 2.65. The second-order valence-corrected chi connectivity index (χ2v) is 4.98. The molecule has 90 valence electrons. The third kappa shape index (κ3) is 2.84. The van der Waals surface area contributed by atoms with Crippen molar-refractivity contribution >= 4 is 27.4 Å². The summed E-state index contributed by atoms with van der Waals surface area (Å²) in [6, 6.07) is 10.6. The van der Waals surface area contributed by atoms with Gasteiger partial charge in [-0.1, -0.05) is 18.2 Å². The lowest BCUT2D eigenvalue weighted by atomic mass is 10.2. The van der Waals surface area contributed by atoms with Gasteiger partial charge in [0.1, 0.15) is 0 Å². The van der Waals surface area contributed by atoms with E-state index in [2.05, 4.69) is 28.3 Å². The van der Waals surface area contributed by atoms with Crippen molar-refractivity contribution in [1.29, 1.82) is 0 Å².